The van der Waals surface area contributed by atoms with Gasteiger partial charge in [-0.1, -0.05) is 0 Å². The number of aliphatic hydroxyl groups is 1. The van der Waals surface area contributed by atoms with E-state index in [1.54, 1.807) is 18.2 Å². The van der Waals surface area contributed by atoms with E-state index in [0.29, 0.717) is 28.3 Å². The first-order valence-corrected chi connectivity index (χ1v) is 8.23. The first-order valence-electron chi connectivity index (χ1n) is 6.75. The van der Waals surface area contributed by atoms with Crippen LogP contribution in [0.25, 0.3) is 11.6 Å². The van der Waals surface area contributed by atoms with Crippen LogP contribution in [0.2, 0.25) is 0 Å². The minimum absolute atomic E-state index is 0.0663. The Morgan fingerprint density at radius 3 is 2.74 bits per heavy atom. The molecule has 1 aromatic heterocycles. The van der Waals surface area contributed by atoms with Crippen molar-refractivity contribution in [2.24, 2.45) is 0 Å². The maximum absolute atomic E-state index is 12.1. The molecule has 0 saturated carbocycles. The molecule has 7 nitrogen and oxygen atoms in total. The van der Waals surface area contributed by atoms with Crippen molar-refractivity contribution < 1.29 is 22.7 Å². The van der Waals surface area contributed by atoms with Gasteiger partial charge in [0.05, 0.1) is 10.5 Å². The van der Waals surface area contributed by atoms with Crippen LogP contribution in [0.5, 0.6) is 0 Å². The molecule has 3 rings (SSSR count). The molecule has 23 heavy (non-hydrogen) atoms. The van der Waals surface area contributed by atoms with Crippen LogP contribution in [0.3, 0.4) is 0 Å². The maximum atomic E-state index is 12.1. The lowest BCUT2D eigenvalue weighted by atomic mass is 10.1. The highest BCUT2D eigenvalue weighted by molar-refractivity contribution is 7.89. The highest BCUT2D eigenvalue weighted by atomic mass is 32.2. The van der Waals surface area contributed by atoms with E-state index in [9.17, 15) is 13.2 Å². The van der Waals surface area contributed by atoms with Crippen LogP contribution in [-0.2, 0) is 21.4 Å². The molecular formula is C15H14N2O5S. The predicted octanol–water partition coefficient (Wildman–Crippen LogP) is 1.17. The van der Waals surface area contributed by atoms with Crippen molar-refractivity contribution in [2.75, 3.05) is 12.4 Å². The summed E-state index contributed by atoms with van der Waals surface area (Å²) in [5.74, 6) is 0.428. The lowest BCUT2D eigenvalue weighted by Crippen LogP contribution is -2.18. The van der Waals surface area contributed by atoms with Gasteiger partial charge in [0, 0.05) is 11.3 Å². The third-order valence-electron chi connectivity index (χ3n) is 3.48. The van der Waals surface area contributed by atoms with Gasteiger partial charge in [0.15, 0.2) is 0 Å². The number of furan rings is 1. The van der Waals surface area contributed by atoms with Gasteiger partial charge in [-0.3, -0.25) is 4.79 Å². The minimum Gasteiger partial charge on any atom is -0.459 e. The maximum Gasteiger partial charge on any atom is 0.256 e. The molecule has 0 aliphatic carbocycles. The van der Waals surface area contributed by atoms with Crippen LogP contribution in [0.15, 0.2) is 39.6 Å². The van der Waals surface area contributed by atoms with E-state index in [4.69, 9.17) is 9.52 Å². The van der Waals surface area contributed by atoms with Crippen LogP contribution in [0.4, 0.5) is 5.69 Å². The van der Waals surface area contributed by atoms with Crippen LogP contribution >= 0.6 is 0 Å². The predicted molar refractivity (Wildman–Crippen MR) is 83.8 cm³/mol. The summed E-state index contributed by atoms with van der Waals surface area (Å²) in [7, 11) is -2.28. The van der Waals surface area contributed by atoms with Gasteiger partial charge in [0.2, 0.25) is 10.0 Å². The fraction of sp³-hybridized carbons (Fsp3) is 0.133. The molecule has 1 amide bonds. The molecule has 1 aliphatic rings. The number of anilines is 1. The van der Waals surface area contributed by atoms with Crippen molar-refractivity contribution in [2.45, 2.75) is 11.5 Å². The zero-order valence-electron chi connectivity index (χ0n) is 12.2. The van der Waals surface area contributed by atoms with E-state index < -0.39 is 10.0 Å². The molecule has 0 saturated heterocycles. The number of benzene rings is 1. The van der Waals surface area contributed by atoms with E-state index >= 15 is 0 Å². The molecule has 1 aromatic carbocycles. The van der Waals surface area contributed by atoms with Gasteiger partial charge in [-0.05, 0) is 43.5 Å². The number of carbonyl (C=O) groups excluding carboxylic acids is 1. The molecule has 0 radical (unpaired) electrons. The summed E-state index contributed by atoms with van der Waals surface area (Å²) < 4.78 is 31.4. The Bertz CT molecular complexity index is 912. The second kappa shape index (κ2) is 5.65. The second-order valence-corrected chi connectivity index (χ2v) is 6.78. The summed E-state index contributed by atoms with van der Waals surface area (Å²) in [6.45, 7) is -0.240. The summed E-state index contributed by atoms with van der Waals surface area (Å²) in [6.07, 6.45) is 1.51. The Balaban J connectivity index is 2.08. The quantitative estimate of drug-likeness (QED) is 0.727. The lowest BCUT2D eigenvalue weighted by Gasteiger charge is -2.05. The van der Waals surface area contributed by atoms with Gasteiger partial charge < -0.3 is 14.8 Å². The average molecular weight is 334 g/mol. The molecule has 8 heteroatoms. The van der Waals surface area contributed by atoms with Crippen molar-refractivity contribution >= 4 is 33.3 Å². The Morgan fingerprint density at radius 2 is 2.09 bits per heavy atom. The summed E-state index contributed by atoms with van der Waals surface area (Å²) in [5, 5.41) is 11.7. The molecule has 0 spiro atoms. The topological polar surface area (TPSA) is 109 Å². The Kier molecular flexibility index (Phi) is 3.80. The lowest BCUT2D eigenvalue weighted by molar-refractivity contribution is -0.110. The monoisotopic (exact) mass is 334 g/mol. The summed E-state index contributed by atoms with van der Waals surface area (Å²) in [4.78, 5) is 12.2. The Labute approximate surface area is 132 Å². The minimum atomic E-state index is -3.61. The molecule has 0 fully saturated rings. The van der Waals surface area contributed by atoms with Gasteiger partial charge in [-0.15, -0.1) is 0 Å². The van der Waals surface area contributed by atoms with Crippen LogP contribution in [-0.4, -0.2) is 26.5 Å². The van der Waals surface area contributed by atoms with Crippen molar-refractivity contribution in [1.82, 2.24) is 4.72 Å². The third-order valence-corrected chi connectivity index (χ3v) is 4.89. The number of hydrogen-bond donors (Lipinski definition) is 3. The number of amides is 1. The number of carbonyl (C=O) groups is 1. The highest BCUT2D eigenvalue weighted by Crippen LogP contribution is 2.34. The SMILES string of the molecule is CNS(=O)(=O)c1ccc2c(c1)C(=Cc1ccc(CO)o1)C(=O)N2. The number of hydrogen-bond acceptors (Lipinski definition) is 5. The number of rotatable bonds is 4. The highest BCUT2D eigenvalue weighted by Gasteiger charge is 2.26. The summed E-state index contributed by atoms with van der Waals surface area (Å²) >= 11 is 0. The standard InChI is InChI=1S/C15H14N2O5S/c1-16-23(20,21)11-4-5-14-12(7-11)13(15(19)17-14)6-9-2-3-10(8-18)22-9/h2-7,16,18H,8H2,1H3,(H,17,19). The Hall–Kier alpha value is -2.42. The first kappa shape index (κ1) is 15.5. The number of sulfonamides is 1. The van der Waals surface area contributed by atoms with Crippen LogP contribution < -0.4 is 10.0 Å². The fourth-order valence-corrected chi connectivity index (χ4v) is 3.05. The van der Waals surface area contributed by atoms with Crippen molar-refractivity contribution in [3.63, 3.8) is 0 Å². The number of aliphatic hydroxyl groups excluding tert-OH is 1. The summed E-state index contributed by atoms with van der Waals surface area (Å²) in [5.41, 5.74) is 1.31. The molecule has 0 unspecified atom stereocenters. The van der Waals surface area contributed by atoms with Crippen LogP contribution in [0.1, 0.15) is 17.1 Å². The second-order valence-electron chi connectivity index (χ2n) is 4.89. The largest absolute Gasteiger partial charge is 0.459 e. The molecule has 2 heterocycles. The van der Waals surface area contributed by atoms with E-state index in [1.165, 1.54) is 25.3 Å². The zero-order chi connectivity index (χ0) is 16.6. The molecule has 0 bridgehead atoms. The van der Waals surface area contributed by atoms with Gasteiger partial charge in [0.25, 0.3) is 5.91 Å². The first-order chi connectivity index (χ1) is 10.9. The van der Waals surface area contributed by atoms with E-state index in [0.717, 1.165) is 0 Å². The normalized spacial score (nSPS) is 15.7. The Morgan fingerprint density at radius 1 is 1.30 bits per heavy atom. The van der Waals surface area contributed by atoms with E-state index in [1.807, 2.05) is 0 Å². The van der Waals surface area contributed by atoms with Gasteiger partial charge in [-0.2, -0.15) is 0 Å². The zero-order valence-corrected chi connectivity index (χ0v) is 13.0. The number of fused-ring (bicyclic) bond motifs is 1. The van der Waals surface area contributed by atoms with E-state index in [2.05, 4.69) is 10.0 Å². The molecule has 120 valence electrons. The van der Waals surface area contributed by atoms with Gasteiger partial charge >= 0.3 is 0 Å². The van der Waals surface area contributed by atoms with Crippen LogP contribution in [0, 0.1) is 0 Å². The van der Waals surface area contributed by atoms with E-state index in [-0.39, 0.29) is 17.4 Å². The molecule has 2 aromatic rings. The third kappa shape index (κ3) is 2.79. The molecule has 1 aliphatic heterocycles. The molecular weight excluding hydrogens is 320 g/mol. The molecule has 0 atom stereocenters. The van der Waals surface area contributed by atoms with Gasteiger partial charge in [-0.25, -0.2) is 13.1 Å². The summed E-state index contributed by atoms with van der Waals surface area (Å²) in [6, 6.07) is 7.62. The van der Waals surface area contributed by atoms with Crippen molar-refractivity contribution in [3.8, 4) is 0 Å². The fourth-order valence-electron chi connectivity index (χ4n) is 2.29. The average Bonchev–Trinajstić information content (AvgIpc) is 3.12. The van der Waals surface area contributed by atoms with Crippen molar-refractivity contribution in [1.29, 1.82) is 0 Å². The molecule has 3 N–H and O–H groups in total. The van der Waals surface area contributed by atoms with Gasteiger partial charge in [0.1, 0.15) is 18.1 Å². The smallest absolute Gasteiger partial charge is 0.256 e. The number of nitrogens with one attached hydrogen (secondary N) is 2. The van der Waals surface area contributed by atoms with Crippen molar-refractivity contribution in [3.05, 3.63) is 47.4 Å².